The molecule has 0 saturated carbocycles. The van der Waals surface area contributed by atoms with Crippen LogP contribution in [-0.2, 0) is 51.6 Å². The Bertz CT molecular complexity index is 5380. The summed E-state index contributed by atoms with van der Waals surface area (Å²) in [4.78, 5) is 65.5. The lowest BCUT2D eigenvalue weighted by atomic mass is 9.76. The van der Waals surface area contributed by atoms with Gasteiger partial charge in [-0.25, -0.2) is 39.9 Å². The largest absolute Gasteiger partial charge is 0.489 e. The minimum Gasteiger partial charge on any atom is -0.489 e. The van der Waals surface area contributed by atoms with E-state index in [0.29, 0.717) is 51.4 Å². The molecule has 13 aromatic rings. The van der Waals surface area contributed by atoms with Gasteiger partial charge in [0.2, 0.25) is 5.88 Å². The van der Waals surface area contributed by atoms with Crippen molar-refractivity contribution < 1.29 is 72.2 Å². The third-order valence-electron chi connectivity index (χ3n) is 21.3. The quantitative estimate of drug-likeness (QED) is 0.0274. The molecule has 0 bridgehead atoms. The first-order valence-corrected chi connectivity index (χ1v) is 47.2. The van der Waals surface area contributed by atoms with E-state index in [1.807, 2.05) is 161 Å². The Morgan fingerprint density at radius 1 is 0.313 bits per heavy atom. The van der Waals surface area contributed by atoms with Crippen LogP contribution in [0.3, 0.4) is 0 Å². The second kappa shape index (κ2) is 45.1. The lowest BCUT2D eigenvalue weighted by Gasteiger charge is -2.38. The number of aliphatic hydroxyl groups is 6. The van der Waals surface area contributed by atoms with E-state index in [2.05, 4.69) is 95.5 Å². The summed E-state index contributed by atoms with van der Waals surface area (Å²) in [5, 5.41) is 66.5. The average Bonchev–Trinajstić information content (AvgIpc) is 1.79. The van der Waals surface area contributed by atoms with Crippen molar-refractivity contribution in [2.75, 3.05) is 39.6 Å². The van der Waals surface area contributed by atoms with Crippen molar-refractivity contribution in [2.45, 2.75) is 197 Å². The number of alkyl halides is 3. The summed E-state index contributed by atoms with van der Waals surface area (Å²) in [6.07, 6.45) is 22.8. The molecule has 0 spiro atoms. The Kier molecular flexibility index (Phi) is 36.8. The van der Waals surface area contributed by atoms with Gasteiger partial charge in [-0.1, -0.05) is 199 Å². The maximum Gasteiger partial charge on any atom is 0.417 e. The van der Waals surface area contributed by atoms with Crippen LogP contribution in [0, 0.1) is 32.5 Å². The van der Waals surface area contributed by atoms with E-state index < -0.39 is 61.6 Å². The smallest absolute Gasteiger partial charge is 0.417 e. The molecule has 0 saturated heterocycles. The van der Waals surface area contributed by atoms with Gasteiger partial charge in [-0.3, -0.25) is 34.9 Å². The Hall–Kier alpha value is -9.38. The van der Waals surface area contributed by atoms with Crippen molar-refractivity contribution in [1.82, 2.24) is 74.8 Å². The fourth-order valence-corrected chi connectivity index (χ4v) is 17.4. The minimum atomic E-state index is -4.54. The summed E-state index contributed by atoms with van der Waals surface area (Å²) in [6.45, 7) is 41.7. The maximum atomic E-state index is 12.6. The van der Waals surface area contributed by atoms with Crippen LogP contribution in [0.25, 0.3) is 0 Å². The number of halogens is 5. The molecule has 0 fully saturated rings. The second-order valence-corrected chi connectivity index (χ2v) is 43.8. The normalized spacial score (nSPS) is 14.8. The highest BCUT2D eigenvalue weighted by Gasteiger charge is 2.50. The molecule has 38 heteroatoms. The van der Waals surface area contributed by atoms with E-state index in [-0.39, 0.29) is 72.2 Å². The summed E-state index contributed by atoms with van der Waals surface area (Å²) in [7, 11) is 0. The molecule has 1 aromatic carbocycles. The van der Waals surface area contributed by atoms with E-state index in [0.717, 1.165) is 47.7 Å². The molecule has 6 atom stereocenters. The lowest BCUT2D eigenvalue weighted by molar-refractivity contribution is -0.137. The van der Waals surface area contributed by atoms with E-state index >= 15 is 0 Å². The van der Waals surface area contributed by atoms with Crippen molar-refractivity contribution in [3.63, 3.8) is 0 Å². The molecular weight excluding hydrogens is 1840 g/mol. The summed E-state index contributed by atoms with van der Waals surface area (Å²) in [6, 6.07) is 17.8. The van der Waals surface area contributed by atoms with Crippen molar-refractivity contribution in [3.05, 3.63) is 261 Å². The van der Waals surface area contributed by atoms with E-state index in [1.54, 1.807) is 132 Å². The number of hydrogen-bond acceptors (Lipinski definition) is 33. The molecule has 706 valence electrons. The van der Waals surface area contributed by atoms with Crippen molar-refractivity contribution in [3.8, 4) is 34.6 Å². The molecule has 6 unspecified atom stereocenters. The number of pyridine rings is 3. The first-order valence-electron chi connectivity index (χ1n) is 41.2. The van der Waals surface area contributed by atoms with Gasteiger partial charge in [0.1, 0.15) is 113 Å². The number of benzene rings is 1. The van der Waals surface area contributed by atoms with E-state index in [9.17, 15) is 43.8 Å². The predicted molar refractivity (Wildman–Crippen MR) is 508 cm³/mol. The first kappa shape index (κ1) is 107. The Morgan fingerprint density at radius 3 is 0.916 bits per heavy atom. The lowest BCUT2D eigenvalue weighted by Crippen LogP contribution is -2.44. The van der Waals surface area contributed by atoms with E-state index in [1.165, 1.54) is 86.7 Å². The molecule has 12 aromatic heterocycles. The van der Waals surface area contributed by atoms with E-state index in [4.69, 9.17) is 51.6 Å². The number of rotatable bonds is 26. The number of ether oxygens (including phenoxy) is 6. The molecule has 131 heavy (non-hydrogen) atoms. The van der Waals surface area contributed by atoms with Crippen LogP contribution >= 0.6 is 91.2 Å². The molecule has 0 amide bonds. The SMILES string of the molecule is CC(C)(C)C(O)(COc1ccc(Cl)nc1)c1cncs1.CC(C)(C)C(O)(COc1cccnc1)c1cncs1.CC(C)(C)C(O)(COc1cnc(Cc2ccccc2)nc1)c1cncs1.CC(C)(C)C(O)(COc1cncnc1)c1cncs1.CC(C)(C)C(O)(COc1ncc(C(F)(F)F)cc1Cl)c1cncs1.CC(C)(C)c1ncc(OCC(O)(c2cncs2)C(C)(C)C)cn1. The van der Waals surface area contributed by atoms with Crippen LogP contribution in [0.15, 0.2) is 199 Å². The zero-order chi connectivity index (χ0) is 96.8. The summed E-state index contributed by atoms with van der Waals surface area (Å²) in [5.74, 6) is 4.16. The van der Waals surface area contributed by atoms with Gasteiger partial charge in [0, 0.05) is 61.4 Å². The standard InChI is InChI=1S/C20H23N3O2S.C17H25N3O2S.C15H16ClF3N2O2S.C14H17ClN2O2S.C14H18N2O2S.C13H17N3O2S/c1-19(2,3)20(24,17-12-21-14-26-17)13-25-16-10-22-18(23-11-16)9-15-7-5-4-6-8-15;1-15(2,3)14-19-7-12(8-20-14)22-10-17(21,16(4,5)6)13-9-18-11-23-13;1-13(2,3)14(22,11-6-20-8-24-11)7-23-12-10(16)4-9(5-21-12)15(17,18)19;1-13(2,3)14(18,11-7-16-9-20-11)8-19-10-4-5-12(15)17-6-10;1-13(2,3)14(17,12-8-16-10-19-12)9-18-11-5-4-6-15-7-11;1-12(2,3)13(17,11-6-16-9-19-11)7-18-10-4-14-8-15-5-10/h4-8,10-12,14,24H,9,13H2,1-3H3;7-9,11,21H,10H2,1-6H3;4-6,8,22H,7H2,1-3H3;4-7,9,18H,8H2,1-3H3;4-8,10,17H,9H2,1-3H3;4-6,8-9,17H,7H2,1-3H3. The van der Waals surface area contributed by atoms with Gasteiger partial charge in [-0.05, 0) is 68.4 Å². The Morgan fingerprint density at radius 2 is 0.626 bits per heavy atom. The third kappa shape index (κ3) is 29.1. The topological polar surface area (TPSA) is 370 Å². The average molecular weight is 1960 g/mol. The molecule has 13 rings (SSSR count). The van der Waals surface area contributed by atoms with Crippen LogP contribution in [-0.4, -0.2) is 145 Å². The predicted octanol–water partition coefficient (Wildman–Crippen LogP) is 20.5. The number of nitrogens with zero attached hydrogens (tertiary/aromatic N) is 15. The summed E-state index contributed by atoms with van der Waals surface area (Å²) in [5.41, 5.74) is 0.708. The highest BCUT2D eigenvalue weighted by Crippen LogP contribution is 2.48. The maximum absolute atomic E-state index is 12.6. The zero-order valence-corrected chi connectivity index (χ0v) is 83.6. The number of thiazole rings is 6. The molecule has 27 nitrogen and oxygen atoms in total. The van der Waals surface area contributed by atoms with Gasteiger partial charge in [0.25, 0.3) is 0 Å². The first-order chi connectivity index (χ1) is 61.1. The van der Waals surface area contributed by atoms with Gasteiger partial charge in [-0.15, -0.1) is 68.0 Å². The fourth-order valence-electron chi connectivity index (χ4n) is 11.6. The summed E-state index contributed by atoms with van der Waals surface area (Å²) >= 11 is 19.9. The molecule has 0 aliphatic heterocycles. The third-order valence-corrected chi connectivity index (χ3v) is 27.4. The molecule has 0 radical (unpaired) electrons. The molecule has 12 heterocycles. The van der Waals surface area contributed by atoms with Crippen LogP contribution in [0.1, 0.15) is 197 Å². The van der Waals surface area contributed by atoms with Crippen molar-refractivity contribution in [2.24, 2.45) is 32.5 Å². The van der Waals surface area contributed by atoms with Crippen LogP contribution < -0.4 is 28.4 Å². The van der Waals surface area contributed by atoms with Gasteiger partial charge in [0.05, 0.1) is 117 Å². The van der Waals surface area contributed by atoms with Gasteiger partial charge in [-0.2, -0.15) is 13.2 Å². The Labute approximate surface area is 797 Å². The van der Waals surface area contributed by atoms with Crippen LogP contribution in [0.2, 0.25) is 10.2 Å². The molecule has 0 aliphatic rings. The highest BCUT2D eigenvalue weighted by atomic mass is 35.5. The van der Waals surface area contributed by atoms with Gasteiger partial charge < -0.3 is 59.1 Å². The van der Waals surface area contributed by atoms with Crippen molar-refractivity contribution >= 4 is 91.2 Å². The fraction of sp³-hybridized carbons (Fsp3) is 0.452. The zero-order valence-electron chi connectivity index (χ0n) is 77.2. The monoisotopic (exact) mass is 1950 g/mol. The second-order valence-electron chi connectivity index (χ2n) is 37.7. The van der Waals surface area contributed by atoms with Crippen LogP contribution in [0.4, 0.5) is 13.2 Å². The van der Waals surface area contributed by atoms with Crippen molar-refractivity contribution in [1.29, 1.82) is 0 Å². The molecule has 0 aliphatic carbocycles. The van der Waals surface area contributed by atoms with Gasteiger partial charge >= 0.3 is 6.18 Å². The Balaban J connectivity index is 0.000000195. The van der Waals surface area contributed by atoms with Crippen LogP contribution in [0.5, 0.6) is 34.6 Å². The number of hydrogen-bond donors (Lipinski definition) is 6. The number of aromatic nitrogens is 15. The highest BCUT2D eigenvalue weighted by molar-refractivity contribution is 7.11. The molecular formula is C93H116Cl2F3N15O12S6. The van der Waals surface area contributed by atoms with Gasteiger partial charge in [0.15, 0.2) is 17.2 Å². The molecule has 6 N–H and O–H groups in total. The minimum absolute atomic E-state index is 0.104. The summed E-state index contributed by atoms with van der Waals surface area (Å²) < 4.78 is 72.0.